The van der Waals surface area contributed by atoms with Crippen molar-refractivity contribution < 1.29 is 4.79 Å². The number of nitrogens with one attached hydrogen (secondary N) is 1. The molecule has 4 heteroatoms. The second kappa shape index (κ2) is 7.09. The van der Waals surface area contributed by atoms with Gasteiger partial charge in [0.2, 0.25) is 5.91 Å². The topological polar surface area (TPSA) is 45.2 Å². The molecule has 0 spiro atoms. The number of aromatic nitrogens is 1. The van der Waals surface area contributed by atoms with Crippen molar-refractivity contribution in [2.75, 3.05) is 13.1 Å². The largest absolute Gasteiger partial charge is 0.349 e. The molecule has 4 nitrogen and oxygen atoms in total. The summed E-state index contributed by atoms with van der Waals surface area (Å²) in [6, 6.07) is 12.0. The van der Waals surface area contributed by atoms with Gasteiger partial charge in [0.05, 0.1) is 23.8 Å². The summed E-state index contributed by atoms with van der Waals surface area (Å²) >= 11 is 0. The summed E-state index contributed by atoms with van der Waals surface area (Å²) in [7, 11) is 0. The van der Waals surface area contributed by atoms with E-state index in [0.29, 0.717) is 6.54 Å². The van der Waals surface area contributed by atoms with Gasteiger partial charge in [-0.05, 0) is 50.9 Å². The zero-order chi connectivity index (χ0) is 16.2. The molecule has 0 radical (unpaired) electrons. The van der Waals surface area contributed by atoms with Gasteiger partial charge in [0.15, 0.2) is 0 Å². The van der Waals surface area contributed by atoms with Gasteiger partial charge in [0, 0.05) is 5.39 Å². The molecule has 1 N–H and O–H groups in total. The number of nitrogens with zero attached hydrogens (tertiary/aromatic N) is 2. The fraction of sp³-hybridized carbons (Fsp3) is 0.474. The number of rotatable bonds is 4. The highest BCUT2D eigenvalue weighted by Crippen LogP contribution is 2.18. The summed E-state index contributed by atoms with van der Waals surface area (Å²) in [6.45, 7) is 6.80. The number of amides is 1. The lowest BCUT2D eigenvalue weighted by Gasteiger charge is -2.34. The standard InChI is InChI=1S/C19H25N3O/c1-14-9-11-22(12-10-14)15(2)19(23)20-13-17-8-7-16-5-3-4-6-18(16)21-17/h3-8,14-15H,9-13H2,1-2H3,(H,20,23)/t15-/m1/s1. The van der Waals surface area contributed by atoms with Gasteiger partial charge in [0.1, 0.15) is 0 Å². The Balaban J connectivity index is 1.57. The molecule has 23 heavy (non-hydrogen) atoms. The molecule has 0 aliphatic carbocycles. The summed E-state index contributed by atoms with van der Waals surface area (Å²) in [5.41, 5.74) is 1.87. The Bertz CT molecular complexity index is 677. The number of carbonyl (C=O) groups is 1. The van der Waals surface area contributed by atoms with Crippen molar-refractivity contribution in [1.29, 1.82) is 0 Å². The Hall–Kier alpha value is -1.94. The summed E-state index contributed by atoms with van der Waals surface area (Å²) in [5, 5.41) is 4.15. The molecule has 1 atom stereocenters. The van der Waals surface area contributed by atoms with Crippen LogP contribution in [0.25, 0.3) is 10.9 Å². The molecule has 1 aliphatic rings. The van der Waals surface area contributed by atoms with E-state index < -0.39 is 0 Å². The summed E-state index contributed by atoms with van der Waals surface area (Å²) in [4.78, 5) is 19.3. The van der Waals surface area contributed by atoms with Gasteiger partial charge in [-0.2, -0.15) is 0 Å². The fourth-order valence-corrected chi connectivity index (χ4v) is 3.11. The number of piperidine rings is 1. The minimum Gasteiger partial charge on any atom is -0.349 e. The molecule has 1 aromatic carbocycles. The maximum Gasteiger partial charge on any atom is 0.237 e. The Kier molecular flexibility index (Phi) is 4.91. The Morgan fingerprint density at radius 2 is 2.00 bits per heavy atom. The molecule has 1 saturated heterocycles. The second-order valence-electron chi connectivity index (χ2n) is 6.61. The van der Waals surface area contributed by atoms with Crippen molar-refractivity contribution in [1.82, 2.24) is 15.2 Å². The molecule has 1 fully saturated rings. The lowest BCUT2D eigenvalue weighted by Crippen LogP contribution is -2.47. The lowest BCUT2D eigenvalue weighted by molar-refractivity contribution is -0.126. The van der Waals surface area contributed by atoms with Gasteiger partial charge in [-0.25, -0.2) is 0 Å². The van der Waals surface area contributed by atoms with Gasteiger partial charge >= 0.3 is 0 Å². The molecule has 2 aromatic rings. The summed E-state index contributed by atoms with van der Waals surface area (Å²) < 4.78 is 0. The van der Waals surface area contributed by atoms with Crippen LogP contribution in [0, 0.1) is 5.92 Å². The number of hydrogen-bond acceptors (Lipinski definition) is 3. The van der Waals surface area contributed by atoms with Crippen LogP contribution in [0.1, 0.15) is 32.4 Å². The molecule has 0 unspecified atom stereocenters. The van der Waals surface area contributed by atoms with Crippen LogP contribution in [0.5, 0.6) is 0 Å². The highest BCUT2D eigenvalue weighted by Gasteiger charge is 2.24. The molecule has 122 valence electrons. The van der Waals surface area contributed by atoms with E-state index in [4.69, 9.17) is 0 Å². The maximum atomic E-state index is 12.4. The number of carbonyl (C=O) groups excluding carboxylic acids is 1. The SMILES string of the molecule is CC1CCN([C@H](C)C(=O)NCc2ccc3ccccc3n2)CC1. The fourth-order valence-electron chi connectivity index (χ4n) is 3.11. The molecule has 0 bridgehead atoms. The number of pyridine rings is 1. The van der Waals surface area contributed by atoms with E-state index >= 15 is 0 Å². The summed E-state index contributed by atoms with van der Waals surface area (Å²) in [6.07, 6.45) is 2.37. The number of benzene rings is 1. The van der Waals surface area contributed by atoms with Crippen molar-refractivity contribution in [2.45, 2.75) is 39.3 Å². The van der Waals surface area contributed by atoms with Crippen molar-refractivity contribution in [2.24, 2.45) is 5.92 Å². The van der Waals surface area contributed by atoms with Crippen LogP contribution in [0.4, 0.5) is 0 Å². The van der Waals surface area contributed by atoms with Crippen LogP contribution >= 0.6 is 0 Å². The van der Waals surface area contributed by atoms with E-state index in [0.717, 1.165) is 35.6 Å². The van der Waals surface area contributed by atoms with Crippen molar-refractivity contribution >= 4 is 16.8 Å². The van der Waals surface area contributed by atoms with Crippen LogP contribution in [0.2, 0.25) is 0 Å². The average molecular weight is 311 g/mol. The van der Waals surface area contributed by atoms with Crippen LogP contribution in [0.3, 0.4) is 0 Å². The van der Waals surface area contributed by atoms with Crippen LogP contribution in [-0.4, -0.2) is 34.9 Å². The Morgan fingerprint density at radius 1 is 1.26 bits per heavy atom. The monoisotopic (exact) mass is 311 g/mol. The zero-order valence-electron chi connectivity index (χ0n) is 14.0. The molecule has 3 rings (SSSR count). The van der Waals surface area contributed by atoms with Gasteiger partial charge in [-0.1, -0.05) is 31.2 Å². The minimum absolute atomic E-state index is 0.0667. The molecular weight excluding hydrogens is 286 g/mol. The predicted octanol–water partition coefficient (Wildman–Crippen LogP) is 2.97. The zero-order valence-corrected chi connectivity index (χ0v) is 14.0. The van der Waals surface area contributed by atoms with Gasteiger partial charge < -0.3 is 5.32 Å². The smallest absolute Gasteiger partial charge is 0.237 e. The average Bonchev–Trinajstić information content (AvgIpc) is 2.59. The Labute approximate surface area is 137 Å². The molecule has 1 aromatic heterocycles. The highest BCUT2D eigenvalue weighted by molar-refractivity contribution is 5.81. The normalized spacial score (nSPS) is 18.0. The van der Waals surface area contributed by atoms with Crippen molar-refractivity contribution in [3.05, 3.63) is 42.1 Å². The van der Waals surface area contributed by atoms with E-state index in [1.807, 2.05) is 37.3 Å². The van der Waals surface area contributed by atoms with Crippen LogP contribution < -0.4 is 5.32 Å². The first-order valence-corrected chi connectivity index (χ1v) is 8.50. The molecule has 2 heterocycles. The third-order valence-electron chi connectivity index (χ3n) is 4.85. The first-order valence-electron chi connectivity index (χ1n) is 8.50. The minimum atomic E-state index is -0.0667. The van der Waals surface area contributed by atoms with Crippen molar-refractivity contribution in [3.63, 3.8) is 0 Å². The van der Waals surface area contributed by atoms with Crippen LogP contribution in [-0.2, 0) is 11.3 Å². The van der Waals surface area contributed by atoms with E-state index in [1.54, 1.807) is 0 Å². The van der Waals surface area contributed by atoms with E-state index in [9.17, 15) is 4.79 Å². The third kappa shape index (κ3) is 3.88. The predicted molar refractivity (Wildman–Crippen MR) is 93.0 cm³/mol. The van der Waals surface area contributed by atoms with Crippen LogP contribution in [0.15, 0.2) is 36.4 Å². The van der Waals surface area contributed by atoms with Gasteiger partial charge in [-0.3, -0.25) is 14.7 Å². The summed E-state index contributed by atoms with van der Waals surface area (Å²) in [5.74, 6) is 0.873. The maximum absolute atomic E-state index is 12.4. The first kappa shape index (κ1) is 15.9. The second-order valence-corrected chi connectivity index (χ2v) is 6.61. The third-order valence-corrected chi connectivity index (χ3v) is 4.85. The molecule has 1 aliphatic heterocycles. The Morgan fingerprint density at radius 3 is 2.78 bits per heavy atom. The van der Waals surface area contributed by atoms with E-state index in [-0.39, 0.29) is 11.9 Å². The number of hydrogen-bond donors (Lipinski definition) is 1. The highest BCUT2D eigenvalue weighted by atomic mass is 16.2. The molecular formula is C19H25N3O. The molecule has 1 amide bonds. The van der Waals surface area contributed by atoms with E-state index in [1.165, 1.54) is 12.8 Å². The van der Waals surface area contributed by atoms with Gasteiger partial charge in [0.25, 0.3) is 0 Å². The number of likely N-dealkylation sites (tertiary alicyclic amines) is 1. The van der Waals surface area contributed by atoms with E-state index in [2.05, 4.69) is 28.2 Å². The lowest BCUT2D eigenvalue weighted by atomic mass is 9.98. The quantitative estimate of drug-likeness (QED) is 0.944. The number of fused-ring (bicyclic) bond motifs is 1. The first-order chi connectivity index (χ1) is 11.1. The molecule has 0 saturated carbocycles. The number of para-hydroxylation sites is 1. The van der Waals surface area contributed by atoms with Gasteiger partial charge in [-0.15, -0.1) is 0 Å². The van der Waals surface area contributed by atoms with Crippen molar-refractivity contribution in [3.8, 4) is 0 Å².